The maximum absolute atomic E-state index is 13.0. The van der Waals surface area contributed by atoms with E-state index in [9.17, 15) is 9.18 Å². The van der Waals surface area contributed by atoms with E-state index < -0.39 is 0 Å². The van der Waals surface area contributed by atoms with Crippen LogP contribution in [0.4, 0.5) is 4.39 Å². The highest BCUT2D eigenvalue weighted by Gasteiger charge is 2.13. The second-order valence-corrected chi connectivity index (χ2v) is 4.44. The Labute approximate surface area is 110 Å². The number of nitrogens with one attached hydrogen (secondary N) is 1. The summed E-state index contributed by atoms with van der Waals surface area (Å²) in [4.78, 5) is 12.0. The topological polar surface area (TPSA) is 55.1 Å². The molecule has 0 spiro atoms. The van der Waals surface area contributed by atoms with E-state index in [-0.39, 0.29) is 11.7 Å². The van der Waals surface area contributed by atoms with Crippen LogP contribution in [0, 0.1) is 26.6 Å². The first-order valence-corrected chi connectivity index (χ1v) is 5.95. The number of halogens is 1. The monoisotopic (exact) mass is 262 g/mol. The standard InChI is InChI=1S/C14H15FN2O2/c1-8-6-11(15)4-5-12(8)14(18)16-7-13-9(2)17-19-10(13)3/h4-6H,7H2,1-3H3,(H,16,18). The number of amides is 1. The lowest BCUT2D eigenvalue weighted by Gasteiger charge is -2.07. The number of aryl methyl sites for hydroxylation is 3. The molecular formula is C14H15FN2O2. The quantitative estimate of drug-likeness (QED) is 0.925. The van der Waals surface area contributed by atoms with Crippen molar-refractivity contribution in [2.75, 3.05) is 0 Å². The fourth-order valence-corrected chi connectivity index (χ4v) is 1.90. The molecule has 1 amide bonds. The van der Waals surface area contributed by atoms with Crippen molar-refractivity contribution in [2.45, 2.75) is 27.3 Å². The normalized spacial score (nSPS) is 10.5. The molecule has 2 rings (SSSR count). The molecule has 0 radical (unpaired) electrons. The molecular weight excluding hydrogens is 247 g/mol. The first kappa shape index (κ1) is 13.3. The molecule has 1 heterocycles. The summed E-state index contributed by atoms with van der Waals surface area (Å²) in [6.07, 6.45) is 0. The van der Waals surface area contributed by atoms with Gasteiger partial charge in [-0.3, -0.25) is 4.79 Å². The SMILES string of the molecule is Cc1cc(F)ccc1C(=O)NCc1c(C)noc1C. The van der Waals surface area contributed by atoms with Gasteiger partial charge in [-0.05, 0) is 44.5 Å². The van der Waals surface area contributed by atoms with Crippen molar-refractivity contribution >= 4 is 5.91 Å². The van der Waals surface area contributed by atoms with E-state index in [0.717, 1.165) is 11.3 Å². The fraction of sp³-hybridized carbons (Fsp3) is 0.286. The molecule has 0 bridgehead atoms. The minimum absolute atomic E-state index is 0.238. The van der Waals surface area contributed by atoms with Gasteiger partial charge in [0, 0.05) is 17.7 Å². The summed E-state index contributed by atoms with van der Waals surface area (Å²) in [5.74, 6) is 0.103. The van der Waals surface area contributed by atoms with Gasteiger partial charge in [0.05, 0.1) is 5.69 Å². The van der Waals surface area contributed by atoms with Gasteiger partial charge in [0.15, 0.2) is 0 Å². The van der Waals surface area contributed by atoms with Gasteiger partial charge in [0.2, 0.25) is 0 Å². The maximum Gasteiger partial charge on any atom is 0.251 e. The fourth-order valence-electron chi connectivity index (χ4n) is 1.90. The van der Waals surface area contributed by atoms with Crippen LogP contribution in [0.5, 0.6) is 0 Å². The number of benzene rings is 1. The predicted octanol–water partition coefficient (Wildman–Crippen LogP) is 2.67. The van der Waals surface area contributed by atoms with Crippen LogP contribution < -0.4 is 5.32 Å². The molecule has 0 fully saturated rings. The Balaban J connectivity index is 2.10. The largest absolute Gasteiger partial charge is 0.361 e. The third kappa shape index (κ3) is 2.81. The van der Waals surface area contributed by atoms with Crippen molar-refractivity contribution in [1.82, 2.24) is 10.5 Å². The zero-order chi connectivity index (χ0) is 14.0. The molecule has 1 N–H and O–H groups in total. The van der Waals surface area contributed by atoms with Gasteiger partial charge in [-0.2, -0.15) is 0 Å². The second-order valence-electron chi connectivity index (χ2n) is 4.44. The van der Waals surface area contributed by atoms with Crippen molar-refractivity contribution in [1.29, 1.82) is 0 Å². The summed E-state index contributed by atoms with van der Waals surface area (Å²) in [6.45, 7) is 5.66. The van der Waals surface area contributed by atoms with Crippen LogP contribution in [0.1, 0.15) is 32.9 Å². The van der Waals surface area contributed by atoms with Crippen LogP contribution in [-0.4, -0.2) is 11.1 Å². The maximum atomic E-state index is 13.0. The number of aromatic nitrogens is 1. The first-order chi connectivity index (χ1) is 8.99. The van der Waals surface area contributed by atoms with Crippen molar-refractivity contribution < 1.29 is 13.7 Å². The van der Waals surface area contributed by atoms with E-state index >= 15 is 0 Å². The molecule has 1 aromatic heterocycles. The van der Waals surface area contributed by atoms with E-state index in [2.05, 4.69) is 10.5 Å². The van der Waals surface area contributed by atoms with Crippen LogP contribution in [0.15, 0.2) is 22.7 Å². The Morgan fingerprint density at radius 3 is 2.68 bits per heavy atom. The van der Waals surface area contributed by atoms with Gasteiger partial charge in [0.1, 0.15) is 11.6 Å². The molecule has 19 heavy (non-hydrogen) atoms. The van der Waals surface area contributed by atoms with E-state index in [0.29, 0.717) is 23.4 Å². The Bertz CT molecular complexity index is 600. The lowest BCUT2D eigenvalue weighted by Crippen LogP contribution is -2.24. The lowest BCUT2D eigenvalue weighted by atomic mass is 10.1. The Hall–Kier alpha value is -2.17. The minimum atomic E-state index is -0.347. The predicted molar refractivity (Wildman–Crippen MR) is 68.3 cm³/mol. The summed E-state index contributed by atoms with van der Waals surface area (Å²) in [5.41, 5.74) is 2.70. The number of carbonyl (C=O) groups is 1. The molecule has 0 aliphatic heterocycles. The van der Waals surface area contributed by atoms with E-state index in [1.807, 2.05) is 6.92 Å². The van der Waals surface area contributed by atoms with Crippen LogP contribution in [0.3, 0.4) is 0 Å². The van der Waals surface area contributed by atoms with Gasteiger partial charge in [0.25, 0.3) is 5.91 Å². The van der Waals surface area contributed by atoms with Crippen molar-refractivity contribution in [3.63, 3.8) is 0 Å². The smallest absolute Gasteiger partial charge is 0.251 e. The zero-order valence-electron chi connectivity index (χ0n) is 11.1. The summed E-state index contributed by atoms with van der Waals surface area (Å²) in [5, 5.41) is 6.60. The van der Waals surface area contributed by atoms with Crippen LogP contribution in [0.2, 0.25) is 0 Å². The number of rotatable bonds is 3. The second kappa shape index (κ2) is 5.22. The van der Waals surface area contributed by atoms with Gasteiger partial charge < -0.3 is 9.84 Å². The Morgan fingerprint density at radius 2 is 2.11 bits per heavy atom. The summed E-state index contributed by atoms with van der Waals surface area (Å²) >= 11 is 0. The molecule has 1 aromatic carbocycles. The zero-order valence-corrected chi connectivity index (χ0v) is 11.1. The third-order valence-corrected chi connectivity index (χ3v) is 3.04. The third-order valence-electron chi connectivity index (χ3n) is 3.04. The van der Waals surface area contributed by atoms with Crippen molar-refractivity contribution in [3.05, 3.63) is 52.2 Å². The van der Waals surface area contributed by atoms with Gasteiger partial charge >= 0.3 is 0 Å². The Morgan fingerprint density at radius 1 is 1.37 bits per heavy atom. The van der Waals surface area contributed by atoms with E-state index in [1.54, 1.807) is 13.8 Å². The van der Waals surface area contributed by atoms with Gasteiger partial charge in [-0.25, -0.2) is 4.39 Å². The van der Waals surface area contributed by atoms with Gasteiger partial charge in [-0.1, -0.05) is 5.16 Å². The summed E-state index contributed by atoms with van der Waals surface area (Å²) in [7, 11) is 0. The number of nitrogens with zero attached hydrogens (tertiary/aromatic N) is 1. The first-order valence-electron chi connectivity index (χ1n) is 5.95. The number of hydrogen-bond donors (Lipinski definition) is 1. The molecule has 0 saturated heterocycles. The number of carbonyl (C=O) groups excluding carboxylic acids is 1. The van der Waals surface area contributed by atoms with E-state index in [1.165, 1.54) is 18.2 Å². The molecule has 2 aromatic rings. The molecule has 5 heteroatoms. The van der Waals surface area contributed by atoms with Crippen molar-refractivity contribution in [2.24, 2.45) is 0 Å². The number of hydrogen-bond acceptors (Lipinski definition) is 3. The molecule has 4 nitrogen and oxygen atoms in total. The molecule has 0 atom stereocenters. The van der Waals surface area contributed by atoms with Crippen molar-refractivity contribution in [3.8, 4) is 0 Å². The molecule has 100 valence electrons. The average molecular weight is 262 g/mol. The van der Waals surface area contributed by atoms with Crippen LogP contribution in [-0.2, 0) is 6.54 Å². The summed E-state index contributed by atoms with van der Waals surface area (Å²) in [6, 6.07) is 4.09. The van der Waals surface area contributed by atoms with Crippen LogP contribution >= 0.6 is 0 Å². The highest BCUT2D eigenvalue weighted by atomic mass is 19.1. The minimum Gasteiger partial charge on any atom is -0.361 e. The van der Waals surface area contributed by atoms with E-state index in [4.69, 9.17) is 4.52 Å². The highest BCUT2D eigenvalue weighted by molar-refractivity contribution is 5.95. The molecule has 0 aliphatic rings. The van der Waals surface area contributed by atoms with Crippen LogP contribution in [0.25, 0.3) is 0 Å². The molecule has 0 aliphatic carbocycles. The van der Waals surface area contributed by atoms with Gasteiger partial charge in [-0.15, -0.1) is 0 Å². The lowest BCUT2D eigenvalue weighted by molar-refractivity contribution is 0.0950. The average Bonchev–Trinajstić information content (AvgIpc) is 2.66. The molecule has 0 saturated carbocycles. The molecule has 0 unspecified atom stereocenters. The highest BCUT2D eigenvalue weighted by Crippen LogP contribution is 2.13. The Kier molecular flexibility index (Phi) is 3.64. The summed E-state index contributed by atoms with van der Waals surface area (Å²) < 4.78 is 18.0.